The summed E-state index contributed by atoms with van der Waals surface area (Å²) in [4.78, 5) is 31.3. The van der Waals surface area contributed by atoms with E-state index in [0.29, 0.717) is 47.2 Å². The minimum absolute atomic E-state index is 0.122. The lowest BCUT2D eigenvalue weighted by Crippen LogP contribution is -2.71. The quantitative estimate of drug-likeness (QED) is 0.356. The molecule has 2 aliphatic rings. The fraction of sp³-hybridized carbons (Fsp3) is 0.348. The number of aliphatic hydroxyl groups is 1. The van der Waals surface area contributed by atoms with Gasteiger partial charge >= 0.3 is 5.97 Å². The lowest BCUT2D eigenvalue weighted by atomic mass is 9.67. The van der Waals surface area contributed by atoms with Crippen molar-refractivity contribution in [2.45, 2.75) is 37.6 Å². The molecular weight excluding hydrogens is 478 g/mol. The molecule has 1 saturated carbocycles. The fourth-order valence-electron chi connectivity index (χ4n) is 5.19. The van der Waals surface area contributed by atoms with E-state index in [2.05, 4.69) is 10.6 Å². The summed E-state index contributed by atoms with van der Waals surface area (Å²) in [5.41, 5.74) is 7.11. The Hall–Kier alpha value is -3.08. The number of rotatable bonds is 5. The molecule has 1 fully saturated rings. The van der Waals surface area contributed by atoms with Gasteiger partial charge in [-0.3, -0.25) is 4.79 Å². The van der Waals surface area contributed by atoms with E-state index in [-0.39, 0.29) is 5.56 Å². The van der Waals surface area contributed by atoms with Gasteiger partial charge < -0.3 is 31.5 Å². The number of carbonyl (C=O) groups is 2. The molecule has 6 N–H and O–H groups in total. The van der Waals surface area contributed by atoms with E-state index in [1.807, 2.05) is 24.1 Å². The van der Waals surface area contributed by atoms with Crippen molar-refractivity contribution in [1.29, 1.82) is 0 Å². The zero-order valence-electron chi connectivity index (χ0n) is 18.3. The first-order chi connectivity index (χ1) is 16.1. The molecule has 0 bridgehead atoms. The maximum atomic E-state index is 13.2. The number of aromatic carboxylic acids is 1. The molecule has 1 aromatic heterocycles. The summed E-state index contributed by atoms with van der Waals surface area (Å²) >= 11 is 7.55. The fourth-order valence-corrected chi connectivity index (χ4v) is 6.38. The molecule has 2 aromatic carbocycles. The number of nitrogens with one attached hydrogen (secondary N) is 2. The zero-order chi connectivity index (χ0) is 24.3. The van der Waals surface area contributed by atoms with Crippen LogP contribution in [-0.2, 0) is 4.79 Å². The average Bonchev–Trinajstić information content (AvgIpc) is 3.32. The number of benzene rings is 2. The van der Waals surface area contributed by atoms with Gasteiger partial charge in [0.05, 0.1) is 33.3 Å². The Kier molecular flexibility index (Phi) is 5.34. The molecule has 11 heteroatoms. The van der Waals surface area contributed by atoms with Crippen LogP contribution in [0.1, 0.15) is 36.0 Å². The number of anilines is 3. The number of fused-ring (bicyclic) bond motifs is 2. The maximum absolute atomic E-state index is 13.2. The lowest BCUT2D eigenvalue weighted by molar-refractivity contribution is -0.134. The Morgan fingerprint density at radius 1 is 1.26 bits per heavy atom. The Labute approximate surface area is 204 Å². The van der Waals surface area contributed by atoms with Crippen molar-refractivity contribution in [3.8, 4) is 0 Å². The summed E-state index contributed by atoms with van der Waals surface area (Å²) in [5.74, 6) is -2.80. The number of hydrogen-bond acceptors (Lipinski definition) is 8. The molecule has 34 heavy (non-hydrogen) atoms. The number of halogens is 1. The third-order valence-electron chi connectivity index (χ3n) is 7.03. The van der Waals surface area contributed by atoms with Crippen molar-refractivity contribution < 1.29 is 19.8 Å². The van der Waals surface area contributed by atoms with Crippen molar-refractivity contribution in [1.82, 2.24) is 4.98 Å². The highest BCUT2D eigenvalue weighted by molar-refractivity contribution is 7.22. The molecule has 1 atom stereocenters. The molecule has 178 valence electrons. The predicted molar refractivity (Wildman–Crippen MR) is 133 cm³/mol. The minimum Gasteiger partial charge on any atom is -0.478 e. The number of hydrogen-bond donors (Lipinski definition) is 5. The van der Waals surface area contributed by atoms with Crippen LogP contribution in [0.5, 0.6) is 0 Å². The molecule has 0 saturated heterocycles. The van der Waals surface area contributed by atoms with Crippen molar-refractivity contribution in [3.63, 3.8) is 0 Å². The first-order valence-electron chi connectivity index (χ1n) is 10.9. The molecule has 5 rings (SSSR count). The number of nitrogens with two attached hydrogens (primary N) is 1. The van der Waals surface area contributed by atoms with Gasteiger partial charge in [0.25, 0.3) is 0 Å². The van der Waals surface area contributed by atoms with E-state index in [1.165, 1.54) is 17.4 Å². The standard InChI is InChI=1S/C23H24ClN5O4S/c1-29-17-5-2-12(19(31)32)10-16(17)27-23(29,22(20(25)33)8-6-14(30)7-9-22)28-21-26-15-4-3-13(24)11-18(15)34-21/h2-5,10-11,14,27,30H,6-9H2,1H3,(H2,25,33)(H,26,28)(H,31,32). The van der Waals surface area contributed by atoms with Gasteiger partial charge in [0.1, 0.15) is 5.41 Å². The molecule has 2 heterocycles. The van der Waals surface area contributed by atoms with E-state index in [9.17, 15) is 19.8 Å². The number of carboxylic acid groups (broad SMARTS) is 1. The van der Waals surface area contributed by atoms with E-state index in [1.54, 1.807) is 18.2 Å². The van der Waals surface area contributed by atoms with E-state index < -0.39 is 29.2 Å². The first-order valence-corrected chi connectivity index (χ1v) is 12.1. The van der Waals surface area contributed by atoms with Crippen LogP contribution < -0.4 is 21.3 Å². The molecular formula is C23H24ClN5O4S. The number of thiazole rings is 1. The van der Waals surface area contributed by atoms with Crippen LogP contribution in [0.2, 0.25) is 5.02 Å². The number of carboxylic acids is 1. The molecule has 0 radical (unpaired) electrons. The highest BCUT2D eigenvalue weighted by Gasteiger charge is 2.62. The largest absolute Gasteiger partial charge is 0.478 e. The first kappa shape index (κ1) is 22.7. The van der Waals surface area contributed by atoms with Gasteiger partial charge in [-0.15, -0.1) is 0 Å². The van der Waals surface area contributed by atoms with Crippen molar-refractivity contribution in [3.05, 3.63) is 47.0 Å². The summed E-state index contributed by atoms with van der Waals surface area (Å²) < 4.78 is 0.878. The molecule has 1 amide bonds. The Bertz CT molecular complexity index is 1310. The van der Waals surface area contributed by atoms with Gasteiger partial charge in [-0.05, 0) is 62.1 Å². The summed E-state index contributed by atoms with van der Waals surface area (Å²) in [6, 6.07) is 10.2. The number of nitrogens with zero attached hydrogens (tertiary/aromatic N) is 2. The van der Waals surface area contributed by atoms with Crippen LogP contribution in [0.25, 0.3) is 10.2 Å². The number of aliphatic hydroxyl groups excluding tert-OH is 1. The highest BCUT2D eigenvalue weighted by Crippen LogP contribution is 2.54. The number of primary amides is 1. The lowest BCUT2D eigenvalue weighted by Gasteiger charge is -2.52. The SMILES string of the molecule is CN1c2ccc(C(=O)O)cc2NC1(Nc1nc2ccc(Cl)cc2s1)C1(C(N)=O)CCC(O)CC1. The van der Waals surface area contributed by atoms with Crippen LogP contribution in [-0.4, -0.2) is 46.0 Å². The van der Waals surface area contributed by atoms with E-state index in [0.717, 1.165) is 10.2 Å². The monoisotopic (exact) mass is 501 g/mol. The number of carbonyl (C=O) groups excluding carboxylic acids is 1. The van der Waals surface area contributed by atoms with Crippen LogP contribution in [0.15, 0.2) is 36.4 Å². The summed E-state index contributed by atoms with van der Waals surface area (Å²) in [6.45, 7) is 0. The minimum atomic E-state index is -1.24. The molecule has 1 unspecified atom stereocenters. The second-order valence-electron chi connectivity index (χ2n) is 8.87. The second-order valence-corrected chi connectivity index (χ2v) is 10.3. The van der Waals surface area contributed by atoms with Gasteiger partial charge in [0.15, 0.2) is 5.13 Å². The zero-order valence-corrected chi connectivity index (χ0v) is 19.9. The van der Waals surface area contributed by atoms with Gasteiger partial charge in [-0.2, -0.15) is 0 Å². The maximum Gasteiger partial charge on any atom is 0.335 e. The van der Waals surface area contributed by atoms with Crippen molar-refractivity contribution in [2.24, 2.45) is 11.1 Å². The predicted octanol–water partition coefficient (Wildman–Crippen LogP) is 3.68. The molecule has 1 aliphatic heterocycles. The molecule has 0 spiro atoms. The molecule has 9 nitrogen and oxygen atoms in total. The van der Waals surface area contributed by atoms with Crippen molar-refractivity contribution >= 4 is 61.5 Å². The normalized spacial score (nSPS) is 26.2. The summed E-state index contributed by atoms with van der Waals surface area (Å²) in [7, 11) is 1.83. The Balaban J connectivity index is 1.66. The van der Waals surface area contributed by atoms with Crippen molar-refractivity contribution in [2.75, 3.05) is 22.6 Å². The van der Waals surface area contributed by atoms with Gasteiger partial charge in [-0.25, -0.2) is 9.78 Å². The second kappa shape index (κ2) is 8.00. The number of aromatic nitrogens is 1. The van der Waals surface area contributed by atoms with Crippen LogP contribution >= 0.6 is 22.9 Å². The van der Waals surface area contributed by atoms with Gasteiger partial charge in [-0.1, -0.05) is 22.9 Å². The highest BCUT2D eigenvalue weighted by atomic mass is 35.5. The van der Waals surface area contributed by atoms with E-state index >= 15 is 0 Å². The molecule has 3 aromatic rings. The van der Waals surface area contributed by atoms with Gasteiger partial charge in [0.2, 0.25) is 11.7 Å². The van der Waals surface area contributed by atoms with Crippen LogP contribution in [0.3, 0.4) is 0 Å². The van der Waals surface area contributed by atoms with E-state index in [4.69, 9.17) is 22.3 Å². The van der Waals surface area contributed by atoms with Crippen LogP contribution in [0, 0.1) is 5.41 Å². The third kappa shape index (κ3) is 3.36. The summed E-state index contributed by atoms with van der Waals surface area (Å²) in [5, 5.41) is 27.7. The summed E-state index contributed by atoms with van der Waals surface area (Å²) in [6.07, 6.45) is 0.985. The van der Waals surface area contributed by atoms with Crippen LogP contribution in [0.4, 0.5) is 16.5 Å². The Morgan fingerprint density at radius 2 is 2.00 bits per heavy atom. The number of amides is 1. The molecule has 1 aliphatic carbocycles. The third-order valence-corrected chi connectivity index (χ3v) is 8.20. The topological polar surface area (TPSA) is 141 Å². The Morgan fingerprint density at radius 3 is 2.68 bits per heavy atom. The average molecular weight is 502 g/mol. The van der Waals surface area contributed by atoms with Gasteiger partial charge in [0, 0.05) is 12.1 Å². The smallest absolute Gasteiger partial charge is 0.335 e.